The molecule has 0 radical (unpaired) electrons. The second-order valence-electron chi connectivity index (χ2n) is 5.56. The minimum absolute atomic E-state index is 0.348. The van der Waals surface area contributed by atoms with Crippen molar-refractivity contribution >= 4 is 17.4 Å². The van der Waals surface area contributed by atoms with Crippen LogP contribution in [0.25, 0.3) is 0 Å². The van der Waals surface area contributed by atoms with Crippen LogP contribution in [0, 0.1) is 5.82 Å². The Labute approximate surface area is 150 Å². The first-order chi connectivity index (χ1) is 12.7. The summed E-state index contributed by atoms with van der Waals surface area (Å²) in [6, 6.07) is 16.8. The van der Waals surface area contributed by atoms with Crippen LogP contribution in [0.5, 0.6) is 5.75 Å². The number of methoxy groups -OCH3 is 1. The van der Waals surface area contributed by atoms with Crippen LogP contribution in [0.1, 0.15) is 15.9 Å². The number of carbonyl (C=O) groups is 1. The number of nitrogens with zero attached hydrogens (tertiary/aromatic N) is 1. The van der Waals surface area contributed by atoms with Crippen LogP contribution in [0.15, 0.2) is 66.9 Å². The highest BCUT2D eigenvalue weighted by Crippen LogP contribution is 2.18. The third-order valence-corrected chi connectivity index (χ3v) is 3.76. The van der Waals surface area contributed by atoms with Crippen molar-refractivity contribution in [3.05, 3.63) is 83.8 Å². The van der Waals surface area contributed by atoms with Gasteiger partial charge in [-0.3, -0.25) is 4.79 Å². The summed E-state index contributed by atoms with van der Waals surface area (Å²) in [6.07, 6.45) is 1.47. The lowest BCUT2D eigenvalue weighted by molar-refractivity contribution is 0.102. The van der Waals surface area contributed by atoms with Crippen LogP contribution >= 0.6 is 0 Å². The lowest BCUT2D eigenvalue weighted by Gasteiger charge is -2.10. The molecule has 6 heteroatoms. The number of hydrogen-bond acceptors (Lipinski definition) is 4. The standard InChI is InChI=1S/C20H18FN3O2/c1-26-18-8-3-2-5-14(18)12-22-19-10-9-15(13-23-19)20(25)24-17-7-4-6-16(21)11-17/h2-11,13H,12H2,1H3,(H,22,23)(H,24,25). The van der Waals surface area contributed by atoms with E-state index in [1.165, 1.54) is 24.4 Å². The number of carbonyl (C=O) groups excluding carboxylic acids is 1. The lowest BCUT2D eigenvalue weighted by atomic mass is 10.2. The van der Waals surface area contributed by atoms with Crippen molar-refractivity contribution in [2.75, 3.05) is 17.7 Å². The Bertz CT molecular complexity index is 898. The van der Waals surface area contributed by atoms with Gasteiger partial charge in [-0.1, -0.05) is 24.3 Å². The molecule has 0 saturated heterocycles. The van der Waals surface area contributed by atoms with Crippen molar-refractivity contribution in [2.24, 2.45) is 0 Å². The van der Waals surface area contributed by atoms with Crippen LogP contribution < -0.4 is 15.4 Å². The molecule has 2 aromatic carbocycles. The van der Waals surface area contributed by atoms with Gasteiger partial charge in [0, 0.05) is 24.0 Å². The number of pyridine rings is 1. The molecule has 2 N–H and O–H groups in total. The number of nitrogens with one attached hydrogen (secondary N) is 2. The van der Waals surface area contributed by atoms with E-state index >= 15 is 0 Å². The zero-order chi connectivity index (χ0) is 18.4. The number of anilines is 2. The average molecular weight is 351 g/mol. The maximum atomic E-state index is 13.2. The number of ether oxygens (including phenoxy) is 1. The van der Waals surface area contributed by atoms with Crippen LogP contribution in [0.3, 0.4) is 0 Å². The van der Waals surface area contributed by atoms with Gasteiger partial charge < -0.3 is 15.4 Å². The number of para-hydroxylation sites is 1. The Morgan fingerprint density at radius 3 is 2.69 bits per heavy atom. The van der Waals surface area contributed by atoms with Crippen molar-refractivity contribution < 1.29 is 13.9 Å². The highest BCUT2D eigenvalue weighted by molar-refractivity contribution is 6.04. The summed E-state index contributed by atoms with van der Waals surface area (Å²) in [4.78, 5) is 16.4. The van der Waals surface area contributed by atoms with Gasteiger partial charge in [0.2, 0.25) is 0 Å². The number of amides is 1. The summed E-state index contributed by atoms with van der Waals surface area (Å²) < 4.78 is 18.5. The normalized spacial score (nSPS) is 10.2. The largest absolute Gasteiger partial charge is 0.496 e. The number of aromatic nitrogens is 1. The zero-order valence-electron chi connectivity index (χ0n) is 14.2. The molecule has 5 nitrogen and oxygen atoms in total. The fourth-order valence-corrected chi connectivity index (χ4v) is 2.44. The van der Waals surface area contributed by atoms with E-state index in [2.05, 4.69) is 15.6 Å². The molecule has 0 fully saturated rings. The maximum Gasteiger partial charge on any atom is 0.257 e. The summed E-state index contributed by atoms with van der Waals surface area (Å²) in [7, 11) is 1.63. The number of halogens is 1. The summed E-state index contributed by atoms with van der Waals surface area (Å²) in [5.74, 6) is 0.681. The summed E-state index contributed by atoms with van der Waals surface area (Å²) in [5, 5.41) is 5.82. The second-order valence-corrected chi connectivity index (χ2v) is 5.56. The van der Waals surface area contributed by atoms with Gasteiger partial charge in [0.25, 0.3) is 5.91 Å². The van der Waals surface area contributed by atoms with E-state index in [0.717, 1.165) is 11.3 Å². The molecule has 3 aromatic rings. The Kier molecular flexibility index (Phi) is 5.43. The molecule has 0 unspecified atom stereocenters. The van der Waals surface area contributed by atoms with E-state index in [-0.39, 0.29) is 5.91 Å². The smallest absolute Gasteiger partial charge is 0.257 e. The lowest BCUT2D eigenvalue weighted by Crippen LogP contribution is -2.12. The van der Waals surface area contributed by atoms with Gasteiger partial charge in [-0.25, -0.2) is 9.37 Å². The highest BCUT2D eigenvalue weighted by atomic mass is 19.1. The topological polar surface area (TPSA) is 63.2 Å². The van der Waals surface area contributed by atoms with Crippen molar-refractivity contribution in [1.29, 1.82) is 0 Å². The van der Waals surface area contributed by atoms with Gasteiger partial charge in [0.15, 0.2) is 0 Å². The van der Waals surface area contributed by atoms with E-state index in [4.69, 9.17) is 4.74 Å². The summed E-state index contributed by atoms with van der Waals surface area (Å²) in [6.45, 7) is 0.547. The molecule has 0 saturated carbocycles. The fourth-order valence-electron chi connectivity index (χ4n) is 2.44. The quantitative estimate of drug-likeness (QED) is 0.702. The van der Waals surface area contributed by atoms with Crippen molar-refractivity contribution in [3.8, 4) is 5.75 Å². The summed E-state index contributed by atoms with van der Waals surface area (Å²) >= 11 is 0. The zero-order valence-corrected chi connectivity index (χ0v) is 14.2. The third-order valence-electron chi connectivity index (χ3n) is 3.76. The van der Waals surface area contributed by atoms with Crippen LogP contribution in [0.2, 0.25) is 0 Å². The molecule has 0 spiro atoms. The number of benzene rings is 2. The third kappa shape index (κ3) is 4.36. The van der Waals surface area contributed by atoms with Gasteiger partial charge >= 0.3 is 0 Å². The molecule has 3 rings (SSSR count). The molecule has 0 aliphatic carbocycles. The Hall–Kier alpha value is -3.41. The van der Waals surface area contributed by atoms with E-state index in [0.29, 0.717) is 23.6 Å². The van der Waals surface area contributed by atoms with Gasteiger partial charge in [-0.15, -0.1) is 0 Å². The number of hydrogen-bond donors (Lipinski definition) is 2. The monoisotopic (exact) mass is 351 g/mol. The first-order valence-electron chi connectivity index (χ1n) is 8.04. The average Bonchev–Trinajstić information content (AvgIpc) is 2.67. The predicted octanol–water partition coefficient (Wildman–Crippen LogP) is 4.09. The van der Waals surface area contributed by atoms with Crippen molar-refractivity contribution in [1.82, 2.24) is 4.98 Å². The van der Waals surface area contributed by atoms with Gasteiger partial charge in [0.1, 0.15) is 17.4 Å². The minimum atomic E-state index is -0.406. The van der Waals surface area contributed by atoms with Crippen LogP contribution in [0.4, 0.5) is 15.9 Å². The number of rotatable bonds is 6. The van der Waals surface area contributed by atoms with E-state index in [9.17, 15) is 9.18 Å². The molecule has 1 amide bonds. The Morgan fingerprint density at radius 1 is 1.12 bits per heavy atom. The second kappa shape index (κ2) is 8.11. The molecular weight excluding hydrogens is 333 g/mol. The first kappa shape index (κ1) is 17.4. The molecule has 0 bridgehead atoms. The molecule has 0 aliphatic heterocycles. The Morgan fingerprint density at radius 2 is 1.96 bits per heavy atom. The van der Waals surface area contributed by atoms with E-state index in [1.807, 2.05) is 24.3 Å². The first-order valence-corrected chi connectivity index (χ1v) is 8.04. The van der Waals surface area contributed by atoms with Gasteiger partial charge in [-0.2, -0.15) is 0 Å². The molecule has 0 atom stereocenters. The van der Waals surface area contributed by atoms with Crippen molar-refractivity contribution in [3.63, 3.8) is 0 Å². The molecule has 132 valence electrons. The van der Waals surface area contributed by atoms with Gasteiger partial charge in [-0.05, 0) is 36.4 Å². The molecular formula is C20H18FN3O2. The molecule has 0 aliphatic rings. The predicted molar refractivity (Wildman–Crippen MR) is 98.9 cm³/mol. The van der Waals surface area contributed by atoms with Crippen LogP contribution in [-0.2, 0) is 6.54 Å². The Balaban J connectivity index is 1.62. The van der Waals surface area contributed by atoms with E-state index < -0.39 is 5.82 Å². The van der Waals surface area contributed by atoms with Crippen molar-refractivity contribution in [2.45, 2.75) is 6.54 Å². The SMILES string of the molecule is COc1ccccc1CNc1ccc(C(=O)Nc2cccc(F)c2)cn1. The minimum Gasteiger partial charge on any atom is -0.496 e. The fraction of sp³-hybridized carbons (Fsp3) is 0.100. The molecule has 1 aromatic heterocycles. The van der Waals surface area contributed by atoms with E-state index in [1.54, 1.807) is 25.3 Å². The molecule has 1 heterocycles. The molecule has 26 heavy (non-hydrogen) atoms. The highest BCUT2D eigenvalue weighted by Gasteiger charge is 2.08. The summed E-state index contributed by atoms with van der Waals surface area (Å²) in [5.41, 5.74) is 1.79. The van der Waals surface area contributed by atoms with Gasteiger partial charge in [0.05, 0.1) is 12.7 Å². The maximum absolute atomic E-state index is 13.2. The van der Waals surface area contributed by atoms with Crippen LogP contribution in [-0.4, -0.2) is 18.0 Å².